The summed E-state index contributed by atoms with van der Waals surface area (Å²) in [6, 6.07) is 17.7. The van der Waals surface area contributed by atoms with Crippen LogP contribution in [0.1, 0.15) is 12.6 Å². The Morgan fingerprint density at radius 1 is 1.00 bits per heavy atom. The average Bonchev–Trinajstić information content (AvgIpc) is 3.23. The third-order valence-electron chi connectivity index (χ3n) is 4.53. The number of benzene rings is 1. The lowest BCUT2D eigenvalue weighted by Crippen LogP contribution is -1.94. The van der Waals surface area contributed by atoms with Crippen LogP contribution in [0, 0.1) is 6.92 Å². The standard InChI is InChI=1S/C22H20N4OS/c1-3-28(27)18-9-7-16(8-10-18)21-13-17(11-12-23-21)19-14-24-26-22(19)20-6-4-5-15(2)25-20/h4-14H,3H2,1-2H3,(H,24,26). The van der Waals surface area contributed by atoms with Crippen LogP contribution in [0.5, 0.6) is 0 Å². The number of H-pyrrole nitrogens is 1. The van der Waals surface area contributed by atoms with Gasteiger partial charge in [0.2, 0.25) is 0 Å². The summed E-state index contributed by atoms with van der Waals surface area (Å²) < 4.78 is 11.9. The minimum Gasteiger partial charge on any atom is -0.276 e. The molecule has 28 heavy (non-hydrogen) atoms. The van der Waals surface area contributed by atoms with Crippen LogP contribution in [0.4, 0.5) is 0 Å². The van der Waals surface area contributed by atoms with Crippen LogP contribution in [-0.2, 0) is 10.8 Å². The van der Waals surface area contributed by atoms with Crippen molar-refractivity contribution in [1.82, 2.24) is 20.2 Å². The number of rotatable bonds is 5. The maximum absolute atomic E-state index is 11.9. The number of pyridine rings is 2. The number of hydrogen-bond donors (Lipinski definition) is 1. The molecule has 4 rings (SSSR count). The molecule has 0 bridgehead atoms. The normalized spacial score (nSPS) is 12.1. The van der Waals surface area contributed by atoms with Gasteiger partial charge in [0.1, 0.15) is 0 Å². The second kappa shape index (κ2) is 7.86. The largest absolute Gasteiger partial charge is 0.276 e. The molecule has 5 nitrogen and oxygen atoms in total. The van der Waals surface area contributed by atoms with E-state index in [1.807, 2.05) is 74.6 Å². The van der Waals surface area contributed by atoms with Crippen molar-refractivity contribution in [2.75, 3.05) is 5.75 Å². The first kappa shape index (κ1) is 18.3. The van der Waals surface area contributed by atoms with Crippen molar-refractivity contribution in [2.24, 2.45) is 0 Å². The molecule has 1 atom stereocenters. The molecule has 0 aliphatic heterocycles. The van der Waals surface area contributed by atoms with Gasteiger partial charge in [-0.25, -0.2) is 0 Å². The molecule has 0 saturated heterocycles. The highest BCUT2D eigenvalue weighted by Gasteiger charge is 2.12. The van der Waals surface area contributed by atoms with E-state index in [9.17, 15) is 4.21 Å². The summed E-state index contributed by atoms with van der Waals surface area (Å²) in [4.78, 5) is 9.95. The topological polar surface area (TPSA) is 71.5 Å². The fourth-order valence-corrected chi connectivity index (χ4v) is 3.86. The van der Waals surface area contributed by atoms with Crippen LogP contribution in [-0.4, -0.2) is 30.1 Å². The molecular weight excluding hydrogens is 368 g/mol. The first-order chi connectivity index (χ1) is 13.7. The average molecular weight is 388 g/mol. The van der Waals surface area contributed by atoms with Gasteiger partial charge in [-0.2, -0.15) is 5.10 Å². The Bertz CT molecular complexity index is 1140. The molecule has 0 fully saturated rings. The summed E-state index contributed by atoms with van der Waals surface area (Å²) in [5.74, 6) is 0.614. The van der Waals surface area contributed by atoms with Crippen molar-refractivity contribution in [3.8, 4) is 33.8 Å². The predicted octanol–water partition coefficient (Wildman–Crippen LogP) is 4.64. The van der Waals surface area contributed by atoms with E-state index in [2.05, 4.69) is 20.2 Å². The highest BCUT2D eigenvalue weighted by molar-refractivity contribution is 7.85. The molecule has 0 amide bonds. The molecule has 0 spiro atoms. The van der Waals surface area contributed by atoms with E-state index >= 15 is 0 Å². The lowest BCUT2D eigenvalue weighted by Gasteiger charge is -2.07. The van der Waals surface area contributed by atoms with E-state index in [1.165, 1.54) is 0 Å². The number of nitrogens with zero attached hydrogens (tertiary/aromatic N) is 3. The van der Waals surface area contributed by atoms with Gasteiger partial charge in [0.25, 0.3) is 0 Å². The minimum absolute atomic E-state index is 0.614. The van der Waals surface area contributed by atoms with E-state index in [0.717, 1.165) is 44.4 Å². The molecule has 0 saturated carbocycles. The zero-order valence-electron chi connectivity index (χ0n) is 15.7. The minimum atomic E-state index is -0.950. The van der Waals surface area contributed by atoms with Crippen molar-refractivity contribution in [3.63, 3.8) is 0 Å². The molecule has 3 heterocycles. The smallest absolute Gasteiger partial charge is 0.0912 e. The van der Waals surface area contributed by atoms with Gasteiger partial charge in [0.05, 0.1) is 34.1 Å². The number of aromatic amines is 1. The van der Waals surface area contributed by atoms with Crippen molar-refractivity contribution in [1.29, 1.82) is 0 Å². The number of aryl methyl sites for hydroxylation is 1. The Kier molecular flexibility index (Phi) is 5.12. The Balaban J connectivity index is 1.71. The summed E-state index contributed by atoms with van der Waals surface area (Å²) in [5, 5.41) is 7.29. The van der Waals surface area contributed by atoms with Gasteiger partial charge in [0.15, 0.2) is 0 Å². The highest BCUT2D eigenvalue weighted by atomic mass is 32.2. The molecule has 0 aliphatic carbocycles. The molecule has 0 radical (unpaired) electrons. The zero-order valence-corrected chi connectivity index (χ0v) is 16.5. The summed E-state index contributed by atoms with van der Waals surface area (Å²) in [7, 11) is -0.950. The van der Waals surface area contributed by atoms with Crippen LogP contribution < -0.4 is 0 Å². The second-order valence-electron chi connectivity index (χ2n) is 6.41. The van der Waals surface area contributed by atoms with Gasteiger partial charge >= 0.3 is 0 Å². The first-order valence-corrected chi connectivity index (χ1v) is 10.4. The van der Waals surface area contributed by atoms with Gasteiger partial charge in [0, 0.05) is 33.7 Å². The van der Waals surface area contributed by atoms with Gasteiger partial charge in [-0.3, -0.25) is 19.3 Å². The molecule has 1 aromatic carbocycles. The maximum Gasteiger partial charge on any atom is 0.0912 e. The lowest BCUT2D eigenvalue weighted by atomic mass is 10.0. The maximum atomic E-state index is 11.9. The summed E-state index contributed by atoms with van der Waals surface area (Å²) in [6.07, 6.45) is 3.61. The van der Waals surface area contributed by atoms with E-state index in [1.54, 1.807) is 6.20 Å². The quantitative estimate of drug-likeness (QED) is 0.541. The van der Waals surface area contributed by atoms with Crippen molar-refractivity contribution in [3.05, 3.63) is 72.7 Å². The third-order valence-corrected chi connectivity index (χ3v) is 5.85. The Hall–Kier alpha value is -3.12. The van der Waals surface area contributed by atoms with Crippen molar-refractivity contribution < 1.29 is 4.21 Å². The van der Waals surface area contributed by atoms with Crippen LogP contribution >= 0.6 is 0 Å². The van der Waals surface area contributed by atoms with Crippen molar-refractivity contribution in [2.45, 2.75) is 18.7 Å². The molecule has 1 unspecified atom stereocenters. The van der Waals surface area contributed by atoms with Gasteiger partial charge in [-0.15, -0.1) is 0 Å². The second-order valence-corrected chi connectivity index (χ2v) is 8.15. The molecule has 3 aromatic heterocycles. The lowest BCUT2D eigenvalue weighted by molar-refractivity contribution is 0.684. The van der Waals surface area contributed by atoms with Crippen LogP contribution in [0.25, 0.3) is 33.8 Å². The Labute approximate surface area is 166 Å². The van der Waals surface area contributed by atoms with Gasteiger partial charge < -0.3 is 0 Å². The zero-order chi connectivity index (χ0) is 19.5. The van der Waals surface area contributed by atoms with E-state index in [-0.39, 0.29) is 0 Å². The van der Waals surface area contributed by atoms with Gasteiger partial charge in [-0.1, -0.05) is 25.1 Å². The number of aromatic nitrogens is 4. The van der Waals surface area contributed by atoms with Crippen LogP contribution in [0.3, 0.4) is 0 Å². The Morgan fingerprint density at radius 2 is 1.82 bits per heavy atom. The summed E-state index contributed by atoms with van der Waals surface area (Å²) in [6.45, 7) is 3.89. The molecule has 1 N–H and O–H groups in total. The van der Waals surface area contributed by atoms with E-state index in [0.29, 0.717) is 5.75 Å². The number of hydrogen-bond acceptors (Lipinski definition) is 4. The van der Waals surface area contributed by atoms with Crippen molar-refractivity contribution >= 4 is 10.8 Å². The summed E-state index contributed by atoms with van der Waals surface area (Å²) >= 11 is 0. The summed E-state index contributed by atoms with van der Waals surface area (Å²) in [5.41, 5.74) is 6.53. The molecule has 140 valence electrons. The first-order valence-electron chi connectivity index (χ1n) is 9.08. The monoisotopic (exact) mass is 388 g/mol. The van der Waals surface area contributed by atoms with E-state index in [4.69, 9.17) is 0 Å². The fraction of sp³-hybridized carbons (Fsp3) is 0.136. The fourth-order valence-electron chi connectivity index (χ4n) is 3.08. The Morgan fingerprint density at radius 3 is 2.57 bits per heavy atom. The van der Waals surface area contributed by atoms with Crippen LogP contribution in [0.15, 0.2) is 71.9 Å². The van der Waals surface area contributed by atoms with E-state index < -0.39 is 10.8 Å². The highest BCUT2D eigenvalue weighted by Crippen LogP contribution is 2.31. The van der Waals surface area contributed by atoms with Gasteiger partial charge in [-0.05, 0) is 48.9 Å². The van der Waals surface area contributed by atoms with Crippen LogP contribution in [0.2, 0.25) is 0 Å². The SMILES string of the molecule is CCS(=O)c1ccc(-c2cc(-c3cn[nH]c3-c3cccc(C)n3)ccn2)cc1. The third kappa shape index (κ3) is 3.64. The predicted molar refractivity (Wildman–Crippen MR) is 112 cm³/mol. The number of nitrogens with one attached hydrogen (secondary N) is 1. The molecule has 4 aromatic rings. The molecular formula is C22H20N4OS. The molecule has 0 aliphatic rings. The molecule has 6 heteroatoms.